The maximum Gasteiger partial charge on any atom is 0.232 e. The quantitative estimate of drug-likeness (QED) is 0.452. The molecule has 0 saturated carbocycles. The molecule has 0 rings (SSSR count). The predicted octanol–water partition coefficient (Wildman–Crippen LogP) is 3.18. The third kappa shape index (κ3) is 12.3. The van der Waals surface area contributed by atoms with E-state index in [0.29, 0.717) is 18.9 Å². The van der Waals surface area contributed by atoms with Crippen LogP contribution >= 0.6 is 10.7 Å². The molecule has 0 fully saturated rings. The monoisotopic (exact) mass is 270 g/mol. The molecule has 3 nitrogen and oxygen atoms in total. The molecule has 5 heteroatoms. The van der Waals surface area contributed by atoms with E-state index in [4.69, 9.17) is 15.4 Å². The van der Waals surface area contributed by atoms with Crippen molar-refractivity contribution in [2.45, 2.75) is 46.0 Å². The fraction of sp³-hybridized carbons (Fsp3) is 1.00. The van der Waals surface area contributed by atoms with Crippen molar-refractivity contribution in [2.75, 3.05) is 19.0 Å². The molecule has 0 spiro atoms. The van der Waals surface area contributed by atoms with Gasteiger partial charge in [0.2, 0.25) is 9.05 Å². The van der Waals surface area contributed by atoms with E-state index in [0.717, 1.165) is 19.4 Å². The molecule has 98 valence electrons. The Morgan fingerprint density at radius 3 is 2.44 bits per heavy atom. The van der Waals surface area contributed by atoms with Crippen LogP contribution in [0.5, 0.6) is 0 Å². The first kappa shape index (κ1) is 16.2. The third-order valence-corrected chi connectivity index (χ3v) is 3.69. The minimum absolute atomic E-state index is 0.0611. The standard InChI is InChI=1S/C11H23ClO3S/c1-3-4-5-8-15-9-6-11(2)7-10-16(12,13)14/h11H,3-10H2,1-2H3. The van der Waals surface area contributed by atoms with Crippen molar-refractivity contribution in [2.24, 2.45) is 5.92 Å². The predicted molar refractivity (Wildman–Crippen MR) is 68.4 cm³/mol. The summed E-state index contributed by atoms with van der Waals surface area (Å²) in [7, 11) is 1.81. The Kier molecular flexibility index (Phi) is 9.37. The fourth-order valence-electron chi connectivity index (χ4n) is 1.33. The topological polar surface area (TPSA) is 43.4 Å². The largest absolute Gasteiger partial charge is 0.381 e. The van der Waals surface area contributed by atoms with Crippen molar-refractivity contribution in [3.05, 3.63) is 0 Å². The molecule has 1 atom stereocenters. The summed E-state index contributed by atoms with van der Waals surface area (Å²) in [6.07, 6.45) is 5.04. The van der Waals surface area contributed by atoms with Gasteiger partial charge in [0.15, 0.2) is 0 Å². The van der Waals surface area contributed by atoms with Crippen LogP contribution in [0.2, 0.25) is 0 Å². The second-order valence-corrected chi connectivity index (χ2v) is 7.14. The van der Waals surface area contributed by atoms with Crippen molar-refractivity contribution in [3.8, 4) is 0 Å². The molecule has 0 radical (unpaired) electrons. The van der Waals surface area contributed by atoms with E-state index in [-0.39, 0.29) is 5.75 Å². The van der Waals surface area contributed by atoms with Crippen molar-refractivity contribution in [1.29, 1.82) is 0 Å². The van der Waals surface area contributed by atoms with Crippen LogP contribution in [-0.2, 0) is 13.8 Å². The highest BCUT2D eigenvalue weighted by molar-refractivity contribution is 8.13. The molecule has 0 aliphatic carbocycles. The zero-order valence-electron chi connectivity index (χ0n) is 10.2. The van der Waals surface area contributed by atoms with Crippen LogP contribution in [0.15, 0.2) is 0 Å². The normalized spacial score (nSPS) is 13.9. The lowest BCUT2D eigenvalue weighted by Crippen LogP contribution is -2.07. The van der Waals surface area contributed by atoms with Gasteiger partial charge in [-0.1, -0.05) is 26.7 Å². The van der Waals surface area contributed by atoms with Crippen LogP contribution in [0.4, 0.5) is 0 Å². The first-order valence-electron chi connectivity index (χ1n) is 5.95. The van der Waals surface area contributed by atoms with E-state index in [1.807, 2.05) is 6.92 Å². The van der Waals surface area contributed by atoms with Gasteiger partial charge >= 0.3 is 0 Å². The lowest BCUT2D eigenvalue weighted by Gasteiger charge is -2.10. The maximum atomic E-state index is 10.7. The van der Waals surface area contributed by atoms with E-state index in [1.165, 1.54) is 12.8 Å². The summed E-state index contributed by atoms with van der Waals surface area (Å²) in [5.74, 6) is 0.408. The smallest absolute Gasteiger partial charge is 0.232 e. The average Bonchev–Trinajstić information content (AvgIpc) is 2.19. The first-order valence-corrected chi connectivity index (χ1v) is 8.43. The Hall–Kier alpha value is 0.200. The SMILES string of the molecule is CCCCCOCCC(C)CCS(=O)(=O)Cl. The van der Waals surface area contributed by atoms with Gasteiger partial charge in [-0.15, -0.1) is 0 Å². The van der Waals surface area contributed by atoms with Crippen LogP contribution in [0, 0.1) is 5.92 Å². The van der Waals surface area contributed by atoms with E-state index in [2.05, 4.69) is 6.92 Å². The summed E-state index contributed by atoms with van der Waals surface area (Å²) in [4.78, 5) is 0. The highest BCUT2D eigenvalue weighted by atomic mass is 35.7. The summed E-state index contributed by atoms with van der Waals surface area (Å²) >= 11 is 0. The van der Waals surface area contributed by atoms with E-state index in [1.54, 1.807) is 0 Å². The van der Waals surface area contributed by atoms with Gasteiger partial charge in [-0.2, -0.15) is 0 Å². The Morgan fingerprint density at radius 1 is 1.19 bits per heavy atom. The number of unbranched alkanes of at least 4 members (excludes halogenated alkanes) is 2. The van der Waals surface area contributed by atoms with Gasteiger partial charge in [0.25, 0.3) is 0 Å². The number of halogens is 1. The van der Waals surface area contributed by atoms with E-state index in [9.17, 15) is 8.42 Å². The van der Waals surface area contributed by atoms with E-state index >= 15 is 0 Å². The van der Waals surface area contributed by atoms with Gasteiger partial charge in [0.05, 0.1) is 5.75 Å². The van der Waals surface area contributed by atoms with Gasteiger partial charge in [-0.3, -0.25) is 0 Å². The zero-order valence-corrected chi connectivity index (χ0v) is 11.8. The van der Waals surface area contributed by atoms with Crippen LogP contribution in [0.1, 0.15) is 46.0 Å². The summed E-state index contributed by atoms with van der Waals surface area (Å²) in [6.45, 7) is 5.72. The first-order chi connectivity index (χ1) is 7.45. The molecular formula is C11H23ClO3S. The van der Waals surface area contributed by atoms with Crippen LogP contribution < -0.4 is 0 Å². The molecule has 0 heterocycles. The van der Waals surface area contributed by atoms with E-state index < -0.39 is 9.05 Å². The fourth-order valence-corrected chi connectivity index (χ4v) is 2.28. The van der Waals surface area contributed by atoms with Crippen molar-refractivity contribution in [3.63, 3.8) is 0 Å². The number of rotatable bonds is 10. The molecule has 16 heavy (non-hydrogen) atoms. The van der Waals surface area contributed by atoms with Gasteiger partial charge < -0.3 is 4.74 Å². The molecule has 0 amide bonds. The summed E-state index contributed by atoms with van der Waals surface area (Å²) in [5.41, 5.74) is 0. The molecule has 0 aromatic carbocycles. The Bertz CT molecular complexity index is 252. The minimum Gasteiger partial charge on any atom is -0.381 e. The number of ether oxygens (including phenoxy) is 1. The zero-order chi connectivity index (χ0) is 12.4. The lowest BCUT2D eigenvalue weighted by atomic mass is 10.1. The molecule has 0 aliphatic rings. The molecule has 0 N–H and O–H groups in total. The Morgan fingerprint density at radius 2 is 1.88 bits per heavy atom. The Labute approximate surface area is 104 Å². The minimum atomic E-state index is -3.33. The van der Waals surface area contributed by atoms with Crippen molar-refractivity contribution < 1.29 is 13.2 Å². The third-order valence-electron chi connectivity index (χ3n) is 2.50. The molecule has 0 aromatic rings. The van der Waals surface area contributed by atoms with Crippen LogP contribution in [-0.4, -0.2) is 27.4 Å². The summed E-state index contributed by atoms with van der Waals surface area (Å²) in [5, 5.41) is 0. The second-order valence-electron chi connectivity index (χ2n) is 4.24. The average molecular weight is 271 g/mol. The highest BCUT2D eigenvalue weighted by Crippen LogP contribution is 2.11. The number of hydrogen-bond donors (Lipinski definition) is 0. The van der Waals surface area contributed by atoms with Gasteiger partial charge in [0.1, 0.15) is 0 Å². The molecule has 1 unspecified atom stereocenters. The number of hydrogen-bond acceptors (Lipinski definition) is 3. The van der Waals surface area contributed by atoms with Gasteiger partial charge in [-0.25, -0.2) is 8.42 Å². The molecular weight excluding hydrogens is 248 g/mol. The van der Waals surface area contributed by atoms with Crippen LogP contribution in [0.3, 0.4) is 0 Å². The van der Waals surface area contributed by atoms with Crippen LogP contribution in [0.25, 0.3) is 0 Å². The molecule has 0 bridgehead atoms. The summed E-state index contributed by atoms with van der Waals surface area (Å²) in [6, 6.07) is 0. The lowest BCUT2D eigenvalue weighted by molar-refractivity contribution is 0.118. The molecule has 0 aromatic heterocycles. The van der Waals surface area contributed by atoms with Gasteiger partial charge in [-0.05, 0) is 25.2 Å². The maximum absolute atomic E-state index is 10.7. The molecule has 0 aliphatic heterocycles. The Balaban J connectivity index is 3.34. The van der Waals surface area contributed by atoms with Gasteiger partial charge in [0, 0.05) is 23.9 Å². The molecule has 0 saturated heterocycles. The summed E-state index contributed by atoms with van der Waals surface area (Å²) < 4.78 is 26.9. The highest BCUT2D eigenvalue weighted by Gasteiger charge is 2.09. The van der Waals surface area contributed by atoms with Crippen molar-refractivity contribution in [1.82, 2.24) is 0 Å². The van der Waals surface area contributed by atoms with Crippen molar-refractivity contribution >= 4 is 19.7 Å². The second kappa shape index (κ2) is 9.25.